The monoisotopic (exact) mass is 239 g/mol. The third-order valence-electron chi connectivity index (χ3n) is 1.72. The van der Waals surface area contributed by atoms with Gasteiger partial charge in [0, 0.05) is 6.04 Å². The van der Waals surface area contributed by atoms with E-state index in [0.29, 0.717) is 0 Å². The highest BCUT2D eigenvalue weighted by atomic mass is 35.5. The average molecular weight is 240 g/mol. The molecule has 0 spiro atoms. The van der Waals surface area contributed by atoms with Gasteiger partial charge in [-0.15, -0.1) is 12.4 Å². The second-order valence-electron chi connectivity index (χ2n) is 3.27. The van der Waals surface area contributed by atoms with Gasteiger partial charge in [0.15, 0.2) is 0 Å². The molecule has 0 amide bonds. The minimum atomic E-state index is -0.964. The molecule has 1 unspecified atom stereocenters. The van der Waals surface area contributed by atoms with Gasteiger partial charge >= 0.3 is 12.1 Å². The van der Waals surface area contributed by atoms with Crippen molar-refractivity contribution in [2.75, 3.05) is 6.61 Å². The van der Waals surface area contributed by atoms with E-state index in [-0.39, 0.29) is 37.4 Å². The van der Waals surface area contributed by atoms with Gasteiger partial charge in [0.05, 0.1) is 13.0 Å². The predicted molar refractivity (Wildman–Crippen MR) is 57.8 cm³/mol. The van der Waals surface area contributed by atoms with E-state index in [0.717, 1.165) is 0 Å². The van der Waals surface area contributed by atoms with Crippen LogP contribution >= 0.6 is 12.4 Å². The predicted octanol–water partition coefficient (Wildman–Crippen LogP) is 1.48. The van der Waals surface area contributed by atoms with Crippen LogP contribution in [0.5, 0.6) is 0 Å². The van der Waals surface area contributed by atoms with Crippen LogP contribution in [0.25, 0.3) is 0 Å². The Labute approximate surface area is 95.7 Å². The summed E-state index contributed by atoms with van der Waals surface area (Å²) in [6, 6.07) is -0.295. The van der Waals surface area contributed by atoms with Crippen molar-refractivity contribution in [2.24, 2.45) is 11.7 Å². The van der Waals surface area contributed by atoms with E-state index in [9.17, 15) is 9.59 Å². The molecule has 0 aromatic carbocycles. The molecule has 0 aromatic heterocycles. The Morgan fingerprint density at radius 1 is 1.33 bits per heavy atom. The number of esters is 1. The van der Waals surface area contributed by atoms with Gasteiger partial charge in [0.2, 0.25) is 0 Å². The van der Waals surface area contributed by atoms with E-state index in [1.165, 1.54) is 0 Å². The van der Waals surface area contributed by atoms with Crippen molar-refractivity contribution in [3.05, 3.63) is 0 Å². The number of carbonyl (C=O) groups is 2. The molecular weight excluding hydrogens is 222 g/mol. The Bertz CT molecular complexity index is 208. The van der Waals surface area contributed by atoms with E-state index in [1.807, 2.05) is 13.8 Å². The fourth-order valence-electron chi connectivity index (χ4n) is 0.710. The smallest absolute Gasteiger partial charge is 0.434 e. The minimum Gasteiger partial charge on any atom is -0.434 e. The Kier molecular flexibility index (Phi) is 9.41. The van der Waals surface area contributed by atoms with Crippen molar-refractivity contribution in [3.63, 3.8) is 0 Å². The van der Waals surface area contributed by atoms with Crippen molar-refractivity contribution in [3.8, 4) is 0 Å². The van der Waals surface area contributed by atoms with Crippen molar-refractivity contribution in [2.45, 2.75) is 33.2 Å². The summed E-state index contributed by atoms with van der Waals surface area (Å²) in [5.74, 6) is -0.477. The van der Waals surface area contributed by atoms with Crippen LogP contribution in [-0.2, 0) is 14.3 Å². The quantitative estimate of drug-likeness (QED) is 0.594. The summed E-state index contributed by atoms with van der Waals surface area (Å²) in [5.41, 5.74) is 5.61. The second-order valence-corrected chi connectivity index (χ2v) is 3.27. The maximum Gasteiger partial charge on any atom is 0.516 e. The van der Waals surface area contributed by atoms with Crippen molar-refractivity contribution >= 4 is 24.5 Å². The summed E-state index contributed by atoms with van der Waals surface area (Å²) >= 11 is 0. The first-order valence-electron chi connectivity index (χ1n) is 4.60. The Balaban J connectivity index is 0. The number of rotatable bonds is 4. The van der Waals surface area contributed by atoms with Crippen LogP contribution in [-0.4, -0.2) is 24.8 Å². The molecule has 0 aliphatic carbocycles. The van der Waals surface area contributed by atoms with Crippen molar-refractivity contribution < 1.29 is 19.1 Å². The lowest BCUT2D eigenvalue weighted by molar-refractivity contribution is -0.140. The first kappa shape index (κ1) is 16.6. The molecule has 15 heavy (non-hydrogen) atoms. The first-order valence-corrected chi connectivity index (χ1v) is 4.60. The third-order valence-corrected chi connectivity index (χ3v) is 1.72. The Morgan fingerprint density at radius 2 is 1.87 bits per heavy atom. The molecule has 0 aliphatic rings. The number of hydrogen-bond donors (Lipinski definition) is 1. The van der Waals surface area contributed by atoms with E-state index < -0.39 is 12.1 Å². The van der Waals surface area contributed by atoms with Crippen LogP contribution in [0, 0.1) is 5.92 Å². The van der Waals surface area contributed by atoms with Crippen molar-refractivity contribution in [1.82, 2.24) is 0 Å². The van der Waals surface area contributed by atoms with Crippen LogP contribution in [0.4, 0.5) is 4.79 Å². The lowest BCUT2D eigenvalue weighted by Crippen LogP contribution is -2.30. The Hall–Kier alpha value is -0.810. The van der Waals surface area contributed by atoms with E-state index in [2.05, 4.69) is 9.47 Å². The summed E-state index contributed by atoms with van der Waals surface area (Å²) in [5, 5.41) is 0. The zero-order valence-corrected chi connectivity index (χ0v) is 10.0. The normalized spacial score (nSPS) is 11.5. The van der Waals surface area contributed by atoms with Gasteiger partial charge in [0.1, 0.15) is 0 Å². The molecule has 0 aliphatic heterocycles. The number of ether oxygens (including phenoxy) is 2. The third kappa shape index (κ3) is 8.20. The van der Waals surface area contributed by atoms with Gasteiger partial charge in [-0.05, 0) is 12.8 Å². The number of hydrogen-bond acceptors (Lipinski definition) is 5. The molecule has 0 radical (unpaired) electrons. The van der Waals surface area contributed by atoms with Crippen LogP contribution in [0.2, 0.25) is 0 Å². The minimum absolute atomic E-state index is 0. The zero-order chi connectivity index (χ0) is 11.1. The molecular formula is C9H18ClNO4. The molecule has 90 valence electrons. The maximum atomic E-state index is 11.0. The molecule has 1 atom stereocenters. The fourth-order valence-corrected chi connectivity index (χ4v) is 0.710. The van der Waals surface area contributed by atoms with Gasteiger partial charge in [0.25, 0.3) is 0 Å². The van der Waals surface area contributed by atoms with E-state index in [1.54, 1.807) is 6.92 Å². The van der Waals surface area contributed by atoms with E-state index >= 15 is 0 Å². The molecule has 0 fully saturated rings. The molecule has 0 rings (SSSR count). The average Bonchev–Trinajstić information content (AvgIpc) is 2.03. The highest BCUT2D eigenvalue weighted by Crippen LogP contribution is 2.04. The van der Waals surface area contributed by atoms with Gasteiger partial charge in [-0.25, -0.2) is 4.79 Å². The first-order chi connectivity index (χ1) is 6.47. The molecule has 0 saturated carbocycles. The standard InChI is InChI=1S/C9H17NO4.ClH/c1-4-13-9(12)14-8(11)5-7(10)6(2)3;/h6-7H,4-5,10H2,1-3H3;1H. The summed E-state index contributed by atoms with van der Waals surface area (Å²) in [6.07, 6.45) is -0.940. The summed E-state index contributed by atoms with van der Waals surface area (Å²) < 4.78 is 8.76. The molecule has 6 heteroatoms. The van der Waals surface area contributed by atoms with Crippen LogP contribution in [0.15, 0.2) is 0 Å². The summed E-state index contributed by atoms with van der Waals surface area (Å²) in [7, 11) is 0. The lowest BCUT2D eigenvalue weighted by Gasteiger charge is -2.13. The summed E-state index contributed by atoms with van der Waals surface area (Å²) in [4.78, 5) is 21.7. The van der Waals surface area contributed by atoms with Gasteiger partial charge in [-0.1, -0.05) is 13.8 Å². The largest absolute Gasteiger partial charge is 0.516 e. The molecule has 2 N–H and O–H groups in total. The van der Waals surface area contributed by atoms with Gasteiger partial charge in [-0.3, -0.25) is 4.79 Å². The fraction of sp³-hybridized carbons (Fsp3) is 0.778. The number of carbonyl (C=O) groups excluding carboxylic acids is 2. The molecule has 0 heterocycles. The summed E-state index contributed by atoms with van der Waals surface area (Å²) in [6.45, 7) is 5.60. The van der Waals surface area contributed by atoms with Crippen molar-refractivity contribution in [1.29, 1.82) is 0 Å². The van der Waals surface area contributed by atoms with E-state index in [4.69, 9.17) is 5.73 Å². The number of halogens is 1. The highest BCUT2D eigenvalue weighted by Gasteiger charge is 2.17. The highest BCUT2D eigenvalue weighted by molar-refractivity contribution is 5.85. The molecule has 0 saturated heterocycles. The lowest BCUT2D eigenvalue weighted by atomic mass is 10.0. The van der Waals surface area contributed by atoms with Crippen LogP contribution < -0.4 is 5.73 Å². The maximum absolute atomic E-state index is 11.0. The molecule has 5 nitrogen and oxygen atoms in total. The Morgan fingerprint density at radius 3 is 2.27 bits per heavy atom. The molecule has 0 aromatic rings. The number of nitrogens with two attached hydrogens (primary N) is 1. The SMILES string of the molecule is CCOC(=O)OC(=O)CC(N)C(C)C.Cl. The van der Waals surface area contributed by atoms with Gasteiger partial charge in [-0.2, -0.15) is 0 Å². The topological polar surface area (TPSA) is 78.6 Å². The zero-order valence-electron chi connectivity index (χ0n) is 9.19. The van der Waals surface area contributed by atoms with Crippen LogP contribution in [0.1, 0.15) is 27.2 Å². The second kappa shape index (κ2) is 8.49. The molecule has 0 bridgehead atoms. The van der Waals surface area contributed by atoms with Crippen LogP contribution in [0.3, 0.4) is 0 Å². The van der Waals surface area contributed by atoms with Gasteiger partial charge < -0.3 is 15.2 Å².